The highest BCUT2D eigenvalue weighted by atomic mass is 16.5. The Morgan fingerprint density at radius 2 is 2.00 bits per heavy atom. The minimum Gasteiger partial charge on any atom is -0.374 e. The second kappa shape index (κ2) is 7.10. The summed E-state index contributed by atoms with van der Waals surface area (Å²) < 4.78 is 5.87. The largest absolute Gasteiger partial charge is 0.374 e. The van der Waals surface area contributed by atoms with Crippen LogP contribution in [0.2, 0.25) is 0 Å². The summed E-state index contributed by atoms with van der Waals surface area (Å²) >= 11 is 0. The minimum atomic E-state index is 0.0140. The van der Waals surface area contributed by atoms with Crippen LogP contribution < -0.4 is 5.32 Å². The molecule has 0 radical (unpaired) electrons. The third-order valence-corrected chi connectivity index (χ3v) is 5.03. The van der Waals surface area contributed by atoms with Gasteiger partial charge in [-0.25, -0.2) is 0 Å². The first kappa shape index (κ1) is 16.8. The highest BCUT2D eigenvalue weighted by molar-refractivity contribution is 5.80. The number of carbonyl (C=O) groups excluding carboxylic acids is 1. The molecule has 0 aromatic heterocycles. The van der Waals surface area contributed by atoms with E-state index in [0.717, 1.165) is 19.6 Å². The van der Waals surface area contributed by atoms with Crippen molar-refractivity contribution in [3.8, 4) is 0 Å². The summed E-state index contributed by atoms with van der Waals surface area (Å²) in [7, 11) is 0. The van der Waals surface area contributed by atoms with E-state index in [-0.39, 0.29) is 18.1 Å². The molecule has 0 aromatic rings. The van der Waals surface area contributed by atoms with Crippen LogP contribution in [0, 0.1) is 17.8 Å². The molecule has 0 saturated carbocycles. The molecule has 0 aliphatic carbocycles. The Morgan fingerprint density at radius 1 is 1.29 bits per heavy atom. The van der Waals surface area contributed by atoms with Gasteiger partial charge in [0.05, 0.1) is 18.1 Å². The van der Waals surface area contributed by atoms with Crippen LogP contribution in [0.25, 0.3) is 0 Å². The van der Waals surface area contributed by atoms with Crippen molar-refractivity contribution < 1.29 is 9.53 Å². The Balaban J connectivity index is 2.05. The van der Waals surface area contributed by atoms with Crippen molar-refractivity contribution in [3.05, 3.63) is 0 Å². The average Bonchev–Trinajstić information content (AvgIpc) is 2.97. The molecular weight excluding hydrogens is 264 g/mol. The standard InChI is InChI=1S/C17H32N2O2/c1-11(2)9-19(10-15-7-6-8-18-15)17(20)16-12(3)13(4)21-14(16)5/h11-16,18H,6-10H2,1-5H3. The number of carbonyl (C=O) groups is 1. The number of amides is 1. The Labute approximate surface area is 129 Å². The Hall–Kier alpha value is -0.610. The molecule has 2 rings (SSSR count). The number of hydrogen-bond acceptors (Lipinski definition) is 3. The third-order valence-electron chi connectivity index (χ3n) is 5.03. The lowest BCUT2D eigenvalue weighted by atomic mass is 9.88. The van der Waals surface area contributed by atoms with Crippen molar-refractivity contribution in [2.75, 3.05) is 19.6 Å². The third kappa shape index (κ3) is 3.98. The van der Waals surface area contributed by atoms with Gasteiger partial charge in [-0.2, -0.15) is 0 Å². The summed E-state index contributed by atoms with van der Waals surface area (Å²) in [6.07, 6.45) is 2.63. The van der Waals surface area contributed by atoms with E-state index >= 15 is 0 Å². The molecule has 2 heterocycles. The van der Waals surface area contributed by atoms with Gasteiger partial charge >= 0.3 is 0 Å². The maximum atomic E-state index is 13.1. The number of hydrogen-bond donors (Lipinski definition) is 1. The maximum Gasteiger partial charge on any atom is 0.228 e. The lowest BCUT2D eigenvalue weighted by Crippen LogP contribution is -2.47. The summed E-state index contributed by atoms with van der Waals surface area (Å²) in [5.74, 6) is 1.11. The van der Waals surface area contributed by atoms with Crippen LogP contribution in [-0.2, 0) is 9.53 Å². The fourth-order valence-corrected chi connectivity index (χ4v) is 3.78. The van der Waals surface area contributed by atoms with Crippen LogP contribution in [0.1, 0.15) is 47.5 Å². The molecular formula is C17H32N2O2. The number of nitrogens with zero attached hydrogens (tertiary/aromatic N) is 1. The first-order valence-corrected chi connectivity index (χ1v) is 8.57. The van der Waals surface area contributed by atoms with Gasteiger partial charge in [0.15, 0.2) is 0 Å². The van der Waals surface area contributed by atoms with Crippen LogP contribution in [0.3, 0.4) is 0 Å². The first-order valence-electron chi connectivity index (χ1n) is 8.57. The van der Waals surface area contributed by atoms with E-state index in [2.05, 4.69) is 37.9 Å². The second-order valence-electron chi connectivity index (χ2n) is 7.36. The van der Waals surface area contributed by atoms with Gasteiger partial charge in [-0.15, -0.1) is 0 Å². The van der Waals surface area contributed by atoms with E-state index in [1.54, 1.807) is 0 Å². The topological polar surface area (TPSA) is 41.6 Å². The van der Waals surface area contributed by atoms with E-state index in [1.807, 2.05) is 6.92 Å². The van der Waals surface area contributed by atoms with Crippen molar-refractivity contribution in [1.29, 1.82) is 0 Å². The van der Waals surface area contributed by atoms with Gasteiger partial charge in [-0.3, -0.25) is 4.79 Å². The molecule has 0 aromatic carbocycles. The molecule has 0 bridgehead atoms. The molecule has 2 fully saturated rings. The van der Waals surface area contributed by atoms with Gasteiger partial charge in [-0.05, 0) is 45.1 Å². The first-order chi connectivity index (χ1) is 9.90. The van der Waals surface area contributed by atoms with Crippen LogP contribution >= 0.6 is 0 Å². The summed E-state index contributed by atoms with van der Waals surface area (Å²) in [5, 5.41) is 3.51. The molecule has 5 unspecified atom stereocenters. The fraction of sp³-hybridized carbons (Fsp3) is 0.941. The molecule has 1 N–H and O–H groups in total. The van der Waals surface area contributed by atoms with E-state index in [9.17, 15) is 4.79 Å². The van der Waals surface area contributed by atoms with Gasteiger partial charge in [0, 0.05) is 19.1 Å². The zero-order valence-corrected chi connectivity index (χ0v) is 14.3. The molecule has 122 valence electrons. The van der Waals surface area contributed by atoms with Crippen LogP contribution in [-0.4, -0.2) is 48.7 Å². The molecule has 4 nitrogen and oxygen atoms in total. The molecule has 2 aliphatic heterocycles. The van der Waals surface area contributed by atoms with Gasteiger partial charge in [0.1, 0.15) is 0 Å². The van der Waals surface area contributed by atoms with E-state index in [4.69, 9.17) is 4.74 Å². The van der Waals surface area contributed by atoms with Gasteiger partial charge in [0.25, 0.3) is 0 Å². The highest BCUT2D eigenvalue weighted by Gasteiger charge is 2.43. The number of rotatable bonds is 5. The van der Waals surface area contributed by atoms with Crippen LogP contribution in [0.4, 0.5) is 0 Å². The SMILES string of the molecule is CC(C)CN(CC1CCCN1)C(=O)C1C(C)OC(C)C1C. The molecule has 21 heavy (non-hydrogen) atoms. The van der Waals surface area contributed by atoms with Crippen molar-refractivity contribution >= 4 is 5.91 Å². The summed E-state index contributed by atoms with van der Waals surface area (Å²) in [5.41, 5.74) is 0. The average molecular weight is 296 g/mol. The second-order valence-corrected chi connectivity index (χ2v) is 7.36. The van der Waals surface area contributed by atoms with Crippen LogP contribution in [0.5, 0.6) is 0 Å². The molecule has 2 saturated heterocycles. The summed E-state index contributed by atoms with van der Waals surface area (Å²) in [6, 6.07) is 0.470. The fourth-order valence-electron chi connectivity index (χ4n) is 3.78. The summed E-state index contributed by atoms with van der Waals surface area (Å²) in [4.78, 5) is 15.1. The van der Waals surface area contributed by atoms with Gasteiger partial charge in [-0.1, -0.05) is 20.8 Å². The van der Waals surface area contributed by atoms with Gasteiger partial charge in [0.2, 0.25) is 5.91 Å². The number of nitrogens with one attached hydrogen (secondary N) is 1. The summed E-state index contributed by atoms with van der Waals surface area (Å²) in [6.45, 7) is 13.4. The van der Waals surface area contributed by atoms with Gasteiger partial charge < -0.3 is 15.0 Å². The predicted octanol–water partition coefficient (Wildman–Crippen LogP) is 2.28. The molecule has 5 atom stereocenters. The van der Waals surface area contributed by atoms with Crippen molar-refractivity contribution in [2.24, 2.45) is 17.8 Å². The van der Waals surface area contributed by atoms with Crippen molar-refractivity contribution in [3.63, 3.8) is 0 Å². The smallest absolute Gasteiger partial charge is 0.228 e. The monoisotopic (exact) mass is 296 g/mol. The zero-order valence-electron chi connectivity index (χ0n) is 14.3. The lowest BCUT2D eigenvalue weighted by Gasteiger charge is -2.32. The number of ether oxygens (including phenoxy) is 1. The Morgan fingerprint density at radius 3 is 2.48 bits per heavy atom. The predicted molar refractivity (Wildman–Crippen MR) is 85.1 cm³/mol. The Bertz CT molecular complexity index is 353. The van der Waals surface area contributed by atoms with E-state index in [0.29, 0.717) is 23.8 Å². The molecule has 1 amide bonds. The van der Waals surface area contributed by atoms with Crippen molar-refractivity contribution in [2.45, 2.75) is 65.7 Å². The normalized spacial score (nSPS) is 36.4. The lowest BCUT2D eigenvalue weighted by molar-refractivity contribution is -0.138. The minimum absolute atomic E-state index is 0.0140. The highest BCUT2D eigenvalue weighted by Crippen LogP contribution is 2.33. The molecule has 0 spiro atoms. The molecule has 4 heteroatoms. The quantitative estimate of drug-likeness (QED) is 0.846. The van der Waals surface area contributed by atoms with Crippen LogP contribution in [0.15, 0.2) is 0 Å². The van der Waals surface area contributed by atoms with Crippen molar-refractivity contribution in [1.82, 2.24) is 10.2 Å². The van der Waals surface area contributed by atoms with E-state index in [1.165, 1.54) is 12.8 Å². The zero-order chi connectivity index (χ0) is 15.6. The van der Waals surface area contributed by atoms with E-state index < -0.39 is 0 Å². The molecule has 2 aliphatic rings. The maximum absolute atomic E-state index is 13.1. The Kier molecular flexibility index (Phi) is 5.67.